The third kappa shape index (κ3) is 5.23. The van der Waals surface area contributed by atoms with E-state index in [0.717, 1.165) is 5.56 Å². The zero-order valence-electron chi connectivity index (χ0n) is 13.0. The summed E-state index contributed by atoms with van der Waals surface area (Å²) in [7, 11) is 1.57. The smallest absolute Gasteiger partial charge is 0.251 e. The first kappa shape index (κ1) is 16.7. The topological polar surface area (TPSA) is 67.4 Å². The van der Waals surface area contributed by atoms with Gasteiger partial charge in [0, 0.05) is 31.3 Å². The lowest BCUT2D eigenvalue weighted by molar-refractivity contribution is 0.0937. The van der Waals surface area contributed by atoms with Crippen LogP contribution in [0.2, 0.25) is 0 Å². The van der Waals surface area contributed by atoms with Crippen LogP contribution in [-0.4, -0.2) is 32.1 Å². The van der Waals surface area contributed by atoms with Crippen molar-refractivity contribution in [2.45, 2.75) is 6.54 Å². The Balaban J connectivity index is 1.95. The van der Waals surface area contributed by atoms with E-state index in [1.54, 1.807) is 31.4 Å². The Hall–Kier alpha value is -2.66. The molecule has 0 aliphatic heterocycles. The van der Waals surface area contributed by atoms with Crippen molar-refractivity contribution in [3.8, 4) is 0 Å². The maximum Gasteiger partial charge on any atom is 0.251 e. The van der Waals surface area contributed by atoms with E-state index in [9.17, 15) is 9.59 Å². The van der Waals surface area contributed by atoms with Gasteiger partial charge in [0.05, 0.1) is 6.61 Å². The van der Waals surface area contributed by atoms with Crippen LogP contribution >= 0.6 is 0 Å². The van der Waals surface area contributed by atoms with E-state index in [0.29, 0.717) is 30.8 Å². The Morgan fingerprint density at radius 3 is 2.22 bits per heavy atom. The fourth-order valence-electron chi connectivity index (χ4n) is 2.05. The predicted molar refractivity (Wildman–Crippen MR) is 88.3 cm³/mol. The highest BCUT2D eigenvalue weighted by atomic mass is 16.5. The van der Waals surface area contributed by atoms with E-state index in [-0.39, 0.29) is 11.8 Å². The summed E-state index contributed by atoms with van der Waals surface area (Å²) in [6.45, 7) is 1.33. The minimum Gasteiger partial charge on any atom is -0.383 e. The molecule has 23 heavy (non-hydrogen) atoms. The molecule has 2 rings (SSSR count). The minimum atomic E-state index is -0.222. The van der Waals surface area contributed by atoms with Gasteiger partial charge in [-0.1, -0.05) is 36.4 Å². The van der Waals surface area contributed by atoms with E-state index >= 15 is 0 Å². The number of methoxy groups -OCH3 is 1. The molecule has 0 unspecified atom stereocenters. The van der Waals surface area contributed by atoms with Gasteiger partial charge in [0.1, 0.15) is 0 Å². The second-order valence-corrected chi connectivity index (χ2v) is 5.00. The lowest BCUT2D eigenvalue weighted by Gasteiger charge is -2.08. The summed E-state index contributed by atoms with van der Waals surface area (Å²) in [6.07, 6.45) is 0. The van der Waals surface area contributed by atoms with Gasteiger partial charge >= 0.3 is 0 Å². The third-order valence-electron chi connectivity index (χ3n) is 3.27. The largest absolute Gasteiger partial charge is 0.383 e. The van der Waals surface area contributed by atoms with Gasteiger partial charge < -0.3 is 15.4 Å². The first-order valence-corrected chi connectivity index (χ1v) is 7.40. The first-order chi connectivity index (χ1) is 11.2. The Morgan fingerprint density at radius 1 is 0.913 bits per heavy atom. The summed E-state index contributed by atoms with van der Waals surface area (Å²) in [5, 5.41) is 5.57. The second kappa shape index (κ2) is 8.70. The highest BCUT2D eigenvalue weighted by molar-refractivity contribution is 5.99. The molecule has 0 bridgehead atoms. The van der Waals surface area contributed by atoms with Crippen LogP contribution in [0.4, 0.5) is 0 Å². The van der Waals surface area contributed by atoms with Crippen LogP contribution in [-0.2, 0) is 11.3 Å². The van der Waals surface area contributed by atoms with Crippen LogP contribution in [0.1, 0.15) is 26.3 Å². The van der Waals surface area contributed by atoms with Gasteiger partial charge in [-0.05, 0) is 23.8 Å². The molecule has 120 valence electrons. The molecule has 0 fully saturated rings. The van der Waals surface area contributed by atoms with Crippen molar-refractivity contribution >= 4 is 11.8 Å². The maximum atomic E-state index is 12.2. The van der Waals surface area contributed by atoms with Crippen molar-refractivity contribution in [1.29, 1.82) is 0 Å². The van der Waals surface area contributed by atoms with Crippen LogP contribution in [0.15, 0.2) is 54.6 Å². The molecule has 0 saturated carbocycles. The Labute approximate surface area is 135 Å². The molecule has 2 aromatic carbocycles. The van der Waals surface area contributed by atoms with E-state index in [4.69, 9.17) is 4.74 Å². The highest BCUT2D eigenvalue weighted by Gasteiger charge is 2.10. The van der Waals surface area contributed by atoms with Crippen LogP contribution in [0.3, 0.4) is 0 Å². The Morgan fingerprint density at radius 2 is 1.57 bits per heavy atom. The summed E-state index contributed by atoms with van der Waals surface area (Å²) in [5.74, 6) is -0.430. The third-order valence-corrected chi connectivity index (χ3v) is 3.27. The zero-order valence-corrected chi connectivity index (χ0v) is 13.0. The first-order valence-electron chi connectivity index (χ1n) is 7.40. The van der Waals surface area contributed by atoms with Crippen LogP contribution < -0.4 is 10.6 Å². The molecule has 0 saturated heterocycles. The lowest BCUT2D eigenvalue weighted by atomic mass is 10.1. The summed E-state index contributed by atoms with van der Waals surface area (Å²) >= 11 is 0. The minimum absolute atomic E-state index is 0.208. The number of amides is 2. The van der Waals surface area contributed by atoms with Crippen LogP contribution in [0.5, 0.6) is 0 Å². The van der Waals surface area contributed by atoms with Crippen molar-refractivity contribution in [1.82, 2.24) is 10.6 Å². The van der Waals surface area contributed by atoms with E-state index in [1.165, 1.54) is 0 Å². The number of benzene rings is 2. The molecule has 0 aliphatic rings. The molecule has 0 heterocycles. The van der Waals surface area contributed by atoms with Crippen molar-refractivity contribution in [2.75, 3.05) is 20.3 Å². The fraction of sp³-hybridized carbons (Fsp3) is 0.222. The fourth-order valence-corrected chi connectivity index (χ4v) is 2.05. The quantitative estimate of drug-likeness (QED) is 0.768. The predicted octanol–water partition coefficient (Wildman–Crippen LogP) is 1.99. The normalized spacial score (nSPS) is 10.1. The molecule has 0 aromatic heterocycles. The van der Waals surface area contributed by atoms with Gasteiger partial charge in [-0.25, -0.2) is 0 Å². The molecule has 2 N–H and O–H groups in total. The van der Waals surface area contributed by atoms with Crippen molar-refractivity contribution in [3.63, 3.8) is 0 Å². The number of carbonyl (C=O) groups excluding carboxylic acids is 2. The number of hydrogen-bond acceptors (Lipinski definition) is 3. The Bertz CT molecular complexity index is 656. The van der Waals surface area contributed by atoms with Gasteiger partial charge in [-0.3, -0.25) is 9.59 Å². The lowest BCUT2D eigenvalue weighted by Crippen LogP contribution is -2.27. The summed E-state index contributed by atoms with van der Waals surface area (Å²) in [4.78, 5) is 24.2. The maximum absolute atomic E-state index is 12.2. The molecule has 0 aliphatic carbocycles. The summed E-state index contributed by atoms with van der Waals surface area (Å²) in [5.41, 5.74) is 1.93. The highest BCUT2D eigenvalue weighted by Crippen LogP contribution is 2.06. The molecule has 0 radical (unpaired) electrons. The second-order valence-electron chi connectivity index (χ2n) is 5.00. The van der Waals surface area contributed by atoms with Gasteiger partial charge in [0.2, 0.25) is 0 Å². The van der Waals surface area contributed by atoms with Gasteiger partial charge in [0.15, 0.2) is 0 Å². The standard InChI is InChI=1S/C18H20N2O3/c1-23-11-10-19-17(21)15-8-5-9-16(12-15)18(22)20-13-14-6-3-2-4-7-14/h2-9,12H,10-11,13H2,1H3,(H,19,21)(H,20,22). The monoisotopic (exact) mass is 312 g/mol. The molecule has 2 aromatic rings. The number of carbonyl (C=O) groups is 2. The summed E-state index contributed by atoms with van der Waals surface area (Å²) in [6, 6.07) is 16.3. The van der Waals surface area contributed by atoms with E-state index in [1.807, 2.05) is 30.3 Å². The van der Waals surface area contributed by atoms with E-state index in [2.05, 4.69) is 10.6 Å². The van der Waals surface area contributed by atoms with Crippen molar-refractivity contribution in [3.05, 3.63) is 71.3 Å². The molecule has 0 atom stereocenters. The SMILES string of the molecule is COCCNC(=O)c1cccc(C(=O)NCc2ccccc2)c1. The average Bonchev–Trinajstić information content (AvgIpc) is 2.61. The molecule has 2 amide bonds. The number of hydrogen-bond donors (Lipinski definition) is 2. The zero-order chi connectivity index (χ0) is 16.5. The van der Waals surface area contributed by atoms with E-state index < -0.39 is 0 Å². The van der Waals surface area contributed by atoms with Crippen molar-refractivity contribution < 1.29 is 14.3 Å². The van der Waals surface area contributed by atoms with Crippen LogP contribution in [0.25, 0.3) is 0 Å². The number of nitrogens with one attached hydrogen (secondary N) is 2. The molecule has 5 heteroatoms. The number of ether oxygens (including phenoxy) is 1. The molecule has 5 nitrogen and oxygen atoms in total. The molecule has 0 spiro atoms. The average molecular weight is 312 g/mol. The van der Waals surface area contributed by atoms with Gasteiger partial charge in [0.25, 0.3) is 11.8 Å². The Kier molecular flexibility index (Phi) is 6.32. The number of rotatable bonds is 7. The summed E-state index contributed by atoms with van der Waals surface area (Å²) < 4.78 is 4.89. The van der Waals surface area contributed by atoms with Crippen molar-refractivity contribution in [2.24, 2.45) is 0 Å². The van der Waals surface area contributed by atoms with Gasteiger partial charge in [-0.2, -0.15) is 0 Å². The molecular formula is C18H20N2O3. The molecular weight excluding hydrogens is 292 g/mol. The van der Waals surface area contributed by atoms with Gasteiger partial charge in [-0.15, -0.1) is 0 Å². The van der Waals surface area contributed by atoms with Crippen LogP contribution in [0, 0.1) is 0 Å².